The van der Waals surface area contributed by atoms with E-state index in [-0.39, 0.29) is 12.1 Å². The number of amides is 1. The van der Waals surface area contributed by atoms with Crippen LogP contribution in [0.1, 0.15) is 13.3 Å². The smallest absolute Gasteiger partial charge is 0.422 e. The van der Waals surface area contributed by atoms with Crippen molar-refractivity contribution in [3.8, 4) is 0 Å². The highest BCUT2D eigenvalue weighted by Gasteiger charge is 2.52. The SMILES string of the molecule is C[C@@H](O)C1C(=O)OC(=O)N2C(C(=O)O)=C(SCCN=CN)CC12. The number of cyclic esters (lactones) is 2. The van der Waals surface area contributed by atoms with E-state index in [1.165, 1.54) is 18.7 Å². The maximum absolute atomic E-state index is 11.9. The minimum absolute atomic E-state index is 0.176. The maximum atomic E-state index is 11.9. The van der Waals surface area contributed by atoms with Gasteiger partial charge in [-0.1, -0.05) is 0 Å². The molecule has 3 atom stereocenters. The van der Waals surface area contributed by atoms with Gasteiger partial charge >= 0.3 is 18.0 Å². The first kappa shape index (κ1) is 17.3. The predicted octanol–water partition coefficient (Wildman–Crippen LogP) is -0.249. The van der Waals surface area contributed by atoms with E-state index in [0.29, 0.717) is 17.2 Å². The second kappa shape index (κ2) is 7.01. The van der Waals surface area contributed by atoms with Crippen molar-refractivity contribution >= 4 is 36.1 Å². The average Bonchev–Trinajstić information content (AvgIpc) is 2.82. The number of hydrogen-bond acceptors (Lipinski definition) is 7. The third-order valence-corrected chi connectivity index (χ3v) is 4.72. The number of aliphatic hydroxyl groups is 1. The van der Waals surface area contributed by atoms with E-state index in [1.54, 1.807) is 0 Å². The molecule has 126 valence electrons. The van der Waals surface area contributed by atoms with Crippen molar-refractivity contribution < 1.29 is 29.3 Å². The van der Waals surface area contributed by atoms with E-state index in [1.807, 2.05) is 0 Å². The lowest BCUT2D eigenvalue weighted by molar-refractivity contribution is -0.155. The molecule has 2 aliphatic heterocycles. The Labute approximate surface area is 136 Å². The number of rotatable bonds is 6. The minimum Gasteiger partial charge on any atom is -0.477 e. The normalized spacial score (nSPS) is 25.7. The average molecular weight is 343 g/mol. The van der Waals surface area contributed by atoms with Gasteiger partial charge in [0, 0.05) is 17.1 Å². The van der Waals surface area contributed by atoms with Crippen molar-refractivity contribution in [3.63, 3.8) is 0 Å². The first-order chi connectivity index (χ1) is 10.9. The van der Waals surface area contributed by atoms with Crippen molar-refractivity contribution in [3.05, 3.63) is 10.6 Å². The standard InChI is InChI=1S/C13H17N3O6S/c1-6(17)9-7-4-8(23-3-2-15-5-14)10(11(18)19)16(7)13(21)22-12(9)20/h5-7,9,17H,2-4H2,1H3,(H2,14,15)(H,18,19)/t6-,7?,9?/m1/s1. The highest BCUT2D eigenvalue weighted by atomic mass is 32.2. The molecule has 0 spiro atoms. The second-order valence-electron chi connectivity index (χ2n) is 5.08. The third kappa shape index (κ3) is 3.32. The molecule has 0 bridgehead atoms. The van der Waals surface area contributed by atoms with Crippen LogP contribution in [0.4, 0.5) is 4.79 Å². The number of nitrogens with zero attached hydrogens (tertiary/aromatic N) is 2. The summed E-state index contributed by atoms with van der Waals surface area (Å²) in [6.07, 6.45) is -0.756. The van der Waals surface area contributed by atoms with Crippen LogP contribution >= 0.6 is 11.8 Å². The molecule has 10 heteroatoms. The van der Waals surface area contributed by atoms with E-state index in [4.69, 9.17) is 5.73 Å². The zero-order valence-corrected chi connectivity index (χ0v) is 13.2. The molecular weight excluding hydrogens is 326 g/mol. The molecule has 23 heavy (non-hydrogen) atoms. The molecular formula is C13H17N3O6S. The zero-order chi connectivity index (χ0) is 17.1. The molecule has 0 radical (unpaired) electrons. The number of nitrogens with two attached hydrogens (primary N) is 1. The number of carbonyl (C=O) groups excluding carboxylic acids is 2. The molecule has 2 rings (SSSR count). The van der Waals surface area contributed by atoms with E-state index in [9.17, 15) is 24.6 Å². The number of carbonyl (C=O) groups is 3. The summed E-state index contributed by atoms with van der Waals surface area (Å²) >= 11 is 1.23. The number of ether oxygens (including phenoxy) is 1. The van der Waals surface area contributed by atoms with Crippen LogP contribution in [0.5, 0.6) is 0 Å². The second-order valence-corrected chi connectivity index (χ2v) is 6.27. The van der Waals surface area contributed by atoms with Crippen LogP contribution in [0.15, 0.2) is 15.6 Å². The van der Waals surface area contributed by atoms with Crippen LogP contribution in [0, 0.1) is 5.92 Å². The lowest BCUT2D eigenvalue weighted by atomic mass is 9.91. The van der Waals surface area contributed by atoms with Crippen molar-refractivity contribution in [2.45, 2.75) is 25.5 Å². The maximum Gasteiger partial charge on any atom is 0.422 e. The first-order valence-electron chi connectivity index (χ1n) is 6.90. The van der Waals surface area contributed by atoms with Gasteiger partial charge in [0.2, 0.25) is 0 Å². The molecule has 2 heterocycles. The molecule has 1 saturated heterocycles. The van der Waals surface area contributed by atoms with Crippen molar-refractivity contribution in [1.29, 1.82) is 0 Å². The van der Waals surface area contributed by atoms with Gasteiger partial charge in [-0.05, 0) is 6.92 Å². The van der Waals surface area contributed by atoms with Gasteiger partial charge < -0.3 is 20.7 Å². The Morgan fingerprint density at radius 3 is 2.87 bits per heavy atom. The molecule has 0 aromatic heterocycles. The predicted molar refractivity (Wildman–Crippen MR) is 81.6 cm³/mol. The number of carboxylic acid groups (broad SMARTS) is 1. The number of fused-ring (bicyclic) bond motifs is 1. The van der Waals surface area contributed by atoms with Gasteiger partial charge in [0.15, 0.2) is 0 Å². The van der Waals surface area contributed by atoms with Crippen LogP contribution in [0.2, 0.25) is 0 Å². The van der Waals surface area contributed by atoms with Crippen molar-refractivity contribution in [2.75, 3.05) is 12.3 Å². The Morgan fingerprint density at radius 2 is 2.30 bits per heavy atom. The highest BCUT2D eigenvalue weighted by molar-refractivity contribution is 8.03. The summed E-state index contributed by atoms with van der Waals surface area (Å²) < 4.78 is 4.59. The van der Waals surface area contributed by atoms with Crippen LogP contribution in [0.25, 0.3) is 0 Å². The molecule has 2 unspecified atom stereocenters. The van der Waals surface area contributed by atoms with E-state index >= 15 is 0 Å². The molecule has 0 saturated carbocycles. The van der Waals surface area contributed by atoms with Crippen LogP contribution < -0.4 is 5.73 Å². The first-order valence-corrected chi connectivity index (χ1v) is 7.89. The van der Waals surface area contributed by atoms with E-state index in [0.717, 1.165) is 11.2 Å². The Kier molecular flexibility index (Phi) is 5.26. The molecule has 0 aliphatic carbocycles. The van der Waals surface area contributed by atoms with Gasteiger partial charge in [0.25, 0.3) is 0 Å². The van der Waals surface area contributed by atoms with E-state index in [2.05, 4.69) is 9.73 Å². The fraction of sp³-hybridized carbons (Fsp3) is 0.538. The number of hydrogen-bond donors (Lipinski definition) is 3. The molecule has 2 aliphatic rings. The summed E-state index contributed by atoms with van der Waals surface area (Å²) in [5, 5.41) is 19.2. The number of aliphatic carboxylic acids is 1. The summed E-state index contributed by atoms with van der Waals surface area (Å²) in [5.41, 5.74) is 4.93. The quantitative estimate of drug-likeness (QED) is 0.197. The third-order valence-electron chi connectivity index (χ3n) is 3.63. The van der Waals surface area contributed by atoms with Gasteiger partial charge in [-0.3, -0.25) is 14.7 Å². The number of thioether (sulfide) groups is 1. The number of aliphatic imine (C=N–C) groups is 1. The molecule has 0 aromatic carbocycles. The molecule has 4 N–H and O–H groups in total. The molecule has 1 fully saturated rings. The van der Waals surface area contributed by atoms with Gasteiger partial charge in [-0.2, -0.15) is 0 Å². The number of aliphatic hydroxyl groups excluding tert-OH is 1. The van der Waals surface area contributed by atoms with Gasteiger partial charge in [-0.15, -0.1) is 11.8 Å². The Morgan fingerprint density at radius 1 is 1.61 bits per heavy atom. The van der Waals surface area contributed by atoms with Gasteiger partial charge in [0.05, 0.1) is 25.0 Å². The summed E-state index contributed by atoms with van der Waals surface area (Å²) in [5.74, 6) is -2.63. The fourth-order valence-electron chi connectivity index (χ4n) is 2.72. The number of carboxylic acids is 1. The molecule has 1 amide bonds. The van der Waals surface area contributed by atoms with Crippen LogP contribution in [0.3, 0.4) is 0 Å². The summed E-state index contributed by atoms with van der Waals surface area (Å²) in [6, 6.07) is -0.754. The fourth-order valence-corrected chi connectivity index (χ4v) is 3.77. The van der Waals surface area contributed by atoms with Crippen molar-refractivity contribution in [2.24, 2.45) is 16.6 Å². The van der Waals surface area contributed by atoms with Crippen LogP contribution in [-0.2, 0) is 14.3 Å². The summed E-state index contributed by atoms with van der Waals surface area (Å²) in [6.45, 7) is 1.80. The van der Waals surface area contributed by atoms with Crippen molar-refractivity contribution in [1.82, 2.24) is 4.90 Å². The largest absolute Gasteiger partial charge is 0.477 e. The van der Waals surface area contributed by atoms with Crippen LogP contribution in [-0.4, -0.2) is 63.9 Å². The Bertz CT molecular complexity index is 588. The zero-order valence-electron chi connectivity index (χ0n) is 12.3. The van der Waals surface area contributed by atoms with Gasteiger partial charge in [-0.25, -0.2) is 9.59 Å². The summed E-state index contributed by atoms with van der Waals surface area (Å²) in [4.78, 5) is 40.6. The molecule has 0 aromatic rings. The minimum atomic E-state index is -1.28. The highest BCUT2D eigenvalue weighted by Crippen LogP contribution is 2.42. The van der Waals surface area contributed by atoms with E-state index < -0.39 is 36.1 Å². The van der Waals surface area contributed by atoms with Gasteiger partial charge in [0.1, 0.15) is 11.6 Å². The Balaban J connectivity index is 2.28. The monoisotopic (exact) mass is 343 g/mol. The molecule has 9 nitrogen and oxygen atoms in total. The Hall–Kier alpha value is -2.07. The lowest BCUT2D eigenvalue weighted by Gasteiger charge is -2.35. The number of esters is 1. The summed E-state index contributed by atoms with van der Waals surface area (Å²) in [7, 11) is 0. The lowest BCUT2D eigenvalue weighted by Crippen LogP contribution is -2.54. The topological polar surface area (TPSA) is 143 Å².